The number of pyridine rings is 2. The summed E-state index contributed by atoms with van der Waals surface area (Å²) in [6.07, 6.45) is 11.4. The molecule has 1 N–H and O–H groups in total. The van der Waals surface area contributed by atoms with Crippen molar-refractivity contribution < 1.29 is 4.79 Å². The Kier molecular flexibility index (Phi) is 5.28. The minimum absolute atomic E-state index is 0.134. The molecule has 1 amide bonds. The van der Waals surface area contributed by atoms with Crippen molar-refractivity contribution in [1.29, 1.82) is 0 Å². The van der Waals surface area contributed by atoms with Crippen LogP contribution in [0.1, 0.15) is 40.7 Å². The second-order valence-electron chi connectivity index (χ2n) is 8.23. The van der Waals surface area contributed by atoms with Crippen LogP contribution in [-0.2, 0) is 12.8 Å². The van der Waals surface area contributed by atoms with Gasteiger partial charge >= 0.3 is 0 Å². The number of aromatic nitrogens is 2. The van der Waals surface area contributed by atoms with E-state index in [1.54, 1.807) is 18.6 Å². The zero-order chi connectivity index (χ0) is 20.3. The predicted molar refractivity (Wildman–Crippen MR) is 118 cm³/mol. The van der Waals surface area contributed by atoms with Crippen molar-refractivity contribution in [2.75, 3.05) is 18.4 Å². The highest BCUT2D eigenvalue weighted by Crippen LogP contribution is 2.28. The normalized spacial score (nSPS) is 16.9. The van der Waals surface area contributed by atoms with Gasteiger partial charge in [0.2, 0.25) is 0 Å². The summed E-state index contributed by atoms with van der Waals surface area (Å²) in [7, 11) is 0. The van der Waals surface area contributed by atoms with Gasteiger partial charge in [-0.1, -0.05) is 12.5 Å². The van der Waals surface area contributed by atoms with Crippen LogP contribution in [0, 0.1) is 0 Å². The maximum atomic E-state index is 12.7. The molecule has 1 aliphatic heterocycles. The van der Waals surface area contributed by atoms with E-state index < -0.39 is 0 Å². The second kappa shape index (κ2) is 8.36. The Morgan fingerprint density at radius 3 is 2.57 bits per heavy atom. The second-order valence-corrected chi connectivity index (χ2v) is 8.23. The van der Waals surface area contributed by atoms with E-state index in [4.69, 9.17) is 0 Å². The van der Waals surface area contributed by atoms with Crippen LogP contribution in [0.3, 0.4) is 0 Å². The SMILES string of the molecule is O=C(Nc1ccc2c(c1)CCN(C1CCC1)CC2)c1ccc(-c2cccnc2)nc1. The molecule has 5 heteroatoms. The van der Waals surface area contributed by atoms with Crippen molar-refractivity contribution in [2.45, 2.75) is 38.1 Å². The van der Waals surface area contributed by atoms with E-state index in [9.17, 15) is 4.79 Å². The van der Waals surface area contributed by atoms with Gasteiger partial charge in [0.15, 0.2) is 0 Å². The van der Waals surface area contributed by atoms with Crippen molar-refractivity contribution in [1.82, 2.24) is 14.9 Å². The molecule has 0 radical (unpaired) electrons. The molecule has 0 unspecified atom stereocenters. The first kappa shape index (κ1) is 18.9. The number of anilines is 1. The summed E-state index contributed by atoms with van der Waals surface area (Å²) in [6, 6.07) is 14.6. The first-order chi connectivity index (χ1) is 14.8. The molecular formula is C25H26N4O. The zero-order valence-electron chi connectivity index (χ0n) is 17.1. The van der Waals surface area contributed by atoms with Crippen molar-refractivity contribution in [3.05, 3.63) is 77.7 Å². The molecule has 1 aliphatic carbocycles. The summed E-state index contributed by atoms with van der Waals surface area (Å²) in [5.74, 6) is -0.134. The van der Waals surface area contributed by atoms with Gasteiger partial charge in [-0.2, -0.15) is 0 Å². The molecule has 0 atom stereocenters. The van der Waals surface area contributed by atoms with E-state index in [0.717, 1.165) is 48.9 Å². The number of carbonyl (C=O) groups is 1. The van der Waals surface area contributed by atoms with Crippen molar-refractivity contribution >= 4 is 11.6 Å². The zero-order valence-corrected chi connectivity index (χ0v) is 17.1. The average molecular weight is 399 g/mol. The van der Waals surface area contributed by atoms with Gasteiger partial charge in [0.25, 0.3) is 5.91 Å². The van der Waals surface area contributed by atoms with Crippen molar-refractivity contribution in [3.63, 3.8) is 0 Å². The highest BCUT2D eigenvalue weighted by molar-refractivity contribution is 6.04. The van der Waals surface area contributed by atoms with Crippen LogP contribution < -0.4 is 5.32 Å². The topological polar surface area (TPSA) is 58.1 Å². The Hall–Kier alpha value is -3.05. The molecule has 2 aromatic heterocycles. The molecule has 5 rings (SSSR count). The van der Waals surface area contributed by atoms with Crippen molar-refractivity contribution in [3.8, 4) is 11.3 Å². The number of rotatable bonds is 4. The third-order valence-corrected chi connectivity index (χ3v) is 6.37. The molecule has 1 aromatic carbocycles. The molecule has 3 aromatic rings. The van der Waals surface area contributed by atoms with E-state index in [1.807, 2.05) is 30.3 Å². The molecular weight excluding hydrogens is 372 g/mol. The summed E-state index contributed by atoms with van der Waals surface area (Å²) in [5, 5.41) is 3.04. The minimum Gasteiger partial charge on any atom is -0.322 e. The lowest BCUT2D eigenvalue weighted by Crippen LogP contribution is -2.41. The quantitative estimate of drug-likeness (QED) is 0.710. The highest BCUT2D eigenvalue weighted by Gasteiger charge is 2.26. The number of amides is 1. The van der Waals surface area contributed by atoms with Crippen LogP contribution in [0.25, 0.3) is 11.3 Å². The number of carbonyl (C=O) groups excluding carboxylic acids is 1. The van der Waals surface area contributed by atoms with E-state index >= 15 is 0 Å². The molecule has 2 aliphatic rings. The number of nitrogens with zero attached hydrogens (tertiary/aromatic N) is 3. The number of benzene rings is 1. The van der Waals surface area contributed by atoms with Crippen LogP contribution in [0.4, 0.5) is 5.69 Å². The Morgan fingerprint density at radius 1 is 1.00 bits per heavy atom. The fraction of sp³-hybridized carbons (Fsp3) is 0.320. The Labute approximate surface area is 177 Å². The summed E-state index contributed by atoms with van der Waals surface area (Å²) in [6.45, 7) is 2.27. The lowest BCUT2D eigenvalue weighted by Gasteiger charge is -2.36. The summed E-state index contributed by atoms with van der Waals surface area (Å²) >= 11 is 0. The van der Waals surface area contributed by atoms with Crippen LogP contribution in [0.15, 0.2) is 61.1 Å². The lowest BCUT2D eigenvalue weighted by molar-refractivity contribution is 0.102. The Bertz CT molecular complexity index is 1030. The molecule has 1 fully saturated rings. The van der Waals surface area contributed by atoms with Crippen LogP contribution in [0.2, 0.25) is 0 Å². The van der Waals surface area contributed by atoms with E-state index in [0.29, 0.717) is 5.56 Å². The van der Waals surface area contributed by atoms with Gasteiger partial charge in [0, 0.05) is 49.0 Å². The van der Waals surface area contributed by atoms with E-state index in [2.05, 4.69) is 32.3 Å². The fourth-order valence-electron chi connectivity index (χ4n) is 4.35. The minimum atomic E-state index is -0.134. The monoisotopic (exact) mass is 398 g/mol. The van der Waals surface area contributed by atoms with Gasteiger partial charge in [-0.3, -0.25) is 19.7 Å². The predicted octanol–water partition coefficient (Wildman–Crippen LogP) is 4.35. The first-order valence-electron chi connectivity index (χ1n) is 10.8. The first-order valence-corrected chi connectivity index (χ1v) is 10.8. The van der Waals surface area contributed by atoms with E-state index in [1.165, 1.54) is 30.4 Å². The summed E-state index contributed by atoms with van der Waals surface area (Å²) < 4.78 is 0. The molecule has 0 spiro atoms. The van der Waals surface area contributed by atoms with Gasteiger partial charge < -0.3 is 5.32 Å². The fourth-order valence-corrected chi connectivity index (χ4v) is 4.35. The van der Waals surface area contributed by atoms with Gasteiger partial charge in [0.1, 0.15) is 0 Å². The molecule has 0 bridgehead atoms. The molecule has 0 saturated heterocycles. The smallest absolute Gasteiger partial charge is 0.257 e. The molecule has 5 nitrogen and oxygen atoms in total. The van der Waals surface area contributed by atoms with Gasteiger partial charge in [-0.15, -0.1) is 0 Å². The number of fused-ring (bicyclic) bond motifs is 1. The van der Waals surface area contributed by atoms with Crippen LogP contribution in [0.5, 0.6) is 0 Å². The maximum absolute atomic E-state index is 12.7. The number of nitrogens with one attached hydrogen (secondary N) is 1. The largest absolute Gasteiger partial charge is 0.322 e. The Morgan fingerprint density at radius 2 is 1.87 bits per heavy atom. The Balaban J connectivity index is 1.26. The number of hydrogen-bond donors (Lipinski definition) is 1. The third kappa shape index (κ3) is 3.98. The van der Waals surface area contributed by atoms with Crippen LogP contribution >= 0.6 is 0 Å². The molecule has 3 heterocycles. The number of hydrogen-bond acceptors (Lipinski definition) is 4. The van der Waals surface area contributed by atoms with Gasteiger partial charge in [-0.25, -0.2) is 0 Å². The van der Waals surface area contributed by atoms with Crippen LogP contribution in [-0.4, -0.2) is 39.9 Å². The standard InChI is InChI=1S/C25H26N4O/c30-25(21-7-9-24(27-17-21)20-3-2-12-26-16-20)28-22-8-6-18-10-13-29(23-4-1-5-23)14-11-19(18)15-22/h2-3,6-9,12,15-17,23H,1,4-5,10-11,13-14H2,(H,28,30). The summed E-state index contributed by atoms with van der Waals surface area (Å²) in [4.78, 5) is 23.9. The van der Waals surface area contributed by atoms with E-state index in [-0.39, 0.29) is 5.91 Å². The average Bonchev–Trinajstić information content (AvgIpc) is 2.96. The van der Waals surface area contributed by atoms with Gasteiger partial charge in [0.05, 0.1) is 11.3 Å². The lowest BCUT2D eigenvalue weighted by atomic mass is 9.91. The van der Waals surface area contributed by atoms with Gasteiger partial charge in [-0.05, 0) is 73.2 Å². The van der Waals surface area contributed by atoms with Crippen molar-refractivity contribution in [2.24, 2.45) is 0 Å². The highest BCUT2D eigenvalue weighted by atomic mass is 16.1. The third-order valence-electron chi connectivity index (χ3n) is 6.37. The molecule has 1 saturated carbocycles. The summed E-state index contributed by atoms with van der Waals surface area (Å²) in [5.41, 5.74) is 5.92. The molecule has 152 valence electrons. The maximum Gasteiger partial charge on any atom is 0.257 e. The molecule has 30 heavy (non-hydrogen) atoms.